The zero-order valence-corrected chi connectivity index (χ0v) is 9.81. The van der Waals surface area contributed by atoms with Gasteiger partial charge in [0.1, 0.15) is 17.4 Å². The monoisotopic (exact) mass is 260 g/mol. The van der Waals surface area contributed by atoms with Crippen LogP contribution in [0.3, 0.4) is 0 Å². The van der Waals surface area contributed by atoms with E-state index >= 15 is 0 Å². The van der Waals surface area contributed by atoms with Gasteiger partial charge >= 0.3 is 0 Å². The maximum absolute atomic E-state index is 12.9. The third-order valence-electron chi connectivity index (χ3n) is 2.44. The predicted octanol–water partition coefficient (Wildman–Crippen LogP) is 3.57. The van der Waals surface area contributed by atoms with Crippen LogP contribution in [0.25, 0.3) is 6.08 Å². The van der Waals surface area contributed by atoms with Gasteiger partial charge < -0.3 is 5.11 Å². The summed E-state index contributed by atoms with van der Waals surface area (Å²) in [5.74, 6) is -1.79. The van der Waals surface area contributed by atoms with Gasteiger partial charge in [-0.2, -0.15) is 0 Å². The average Bonchev–Trinajstić information content (AvgIpc) is 2.35. The van der Waals surface area contributed by atoms with Crippen LogP contribution in [0.1, 0.15) is 15.9 Å². The summed E-state index contributed by atoms with van der Waals surface area (Å²) in [7, 11) is 0. The van der Waals surface area contributed by atoms with Crippen molar-refractivity contribution in [1.82, 2.24) is 0 Å². The van der Waals surface area contributed by atoms with Crippen LogP contribution in [0.4, 0.5) is 8.78 Å². The first-order valence-electron chi connectivity index (χ1n) is 5.52. The van der Waals surface area contributed by atoms with E-state index in [-0.39, 0.29) is 17.1 Å². The number of ketones is 1. The number of carbonyl (C=O) groups excluding carboxylic acids is 1. The molecule has 0 heterocycles. The number of halogens is 2. The van der Waals surface area contributed by atoms with Crippen molar-refractivity contribution in [3.05, 3.63) is 71.3 Å². The molecule has 96 valence electrons. The number of rotatable bonds is 3. The Kier molecular flexibility index (Phi) is 3.71. The van der Waals surface area contributed by atoms with Crippen LogP contribution in [0, 0.1) is 11.6 Å². The number of benzene rings is 2. The molecular weight excluding hydrogens is 250 g/mol. The lowest BCUT2D eigenvalue weighted by Crippen LogP contribution is -1.93. The summed E-state index contributed by atoms with van der Waals surface area (Å²) in [5, 5.41) is 9.24. The third kappa shape index (κ3) is 3.48. The van der Waals surface area contributed by atoms with Gasteiger partial charge in [0.05, 0.1) is 0 Å². The Labute approximate surface area is 108 Å². The van der Waals surface area contributed by atoms with E-state index < -0.39 is 11.6 Å². The van der Waals surface area contributed by atoms with Crippen molar-refractivity contribution in [1.29, 1.82) is 0 Å². The number of carbonyl (C=O) groups is 1. The summed E-state index contributed by atoms with van der Waals surface area (Å²) in [5.41, 5.74) is 0.555. The molecule has 0 unspecified atom stereocenters. The van der Waals surface area contributed by atoms with Gasteiger partial charge in [0.15, 0.2) is 5.78 Å². The first-order valence-corrected chi connectivity index (χ1v) is 5.52. The fourth-order valence-electron chi connectivity index (χ4n) is 1.60. The third-order valence-corrected chi connectivity index (χ3v) is 2.44. The molecule has 2 aromatic carbocycles. The maximum Gasteiger partial charge on any atom is 0.185 e. The van der Waals surface area contributed by atoms with E-state index in [0.29, 0.717) is 5.56 Å². The van der Waals surface area contributed by atoms with Gasteiger partial charge in [0, 0.05) is 11.6 Å². The van der Waals surface area contributed by atoms with Gasteiger partial charge in [-0.15, -0.1) is 0 Å². The van der Waals surface area contributed by atoms with Crippen molar-refractivity contribution >= 4 is 11.9 Å². The second-order valence-electron chi connectivity index (χ2n) is 3.95. The second-order valence-corrected chi connectivity index (χ2v) is 3.95. The van der Waals surface area contributed by atoms with E-state index in [0.717, 1.165) is 18.2 Å². The predicted molar refractivity (Wildman–Crippen MR) is 67.8 cm³/mol. The summed E-state index contributed by atoms with van der Waals surface area (Å²) >= 11 is 0. The molecule has 2 rings (SSSR count). The Morgan fingerprint density at radius 1 is 1.05 bits per heavy atom. The molecule has 0 amide bonds. The highest BCUT2D eigenvalue weighted by Crippen LogP contribution is 2.13. The molecule has 2 nitrogen and oxygen atoms in total. The highest BCUT2D eigenvalue weighted by molar-refractivity contribution is 6.07. The fraction of sp³-hybridized carbons (Fsp3) is 0. The number of hydrogen-bond donors (Lipinski definition) is 1. The van der Waals surface area contributed by atoms with Crippen LogP contribution in [0.5, 0.6) is 5.75 Å². The van der Waals surface area contributed by atoms with E-state index in [1.54, 1.807) is 6.07 Å². The summed E-state index contributed by atoms with van der Waals surface area (Å²) in [6, 6.07) is 8.84. The number of phenols is 1. The molecule has 0 aliphatic carbocycles. The van der Waals surface area contributed by atoms with Gasteiger partial charge in [-0.05, 0) is 35.9 Å². The summed E-state index contributed by atoms with van der Waals surface area (Å²) in [4.78, 5) is 11.8. The number of allylic oxidation sites excluding steroid dienone is 1. The van der Waals surface area contributed by atoms with E-state index in [4.69, 9.17) is 0 Å². The minimum Gasteiger partial charge on any atom is -0.508 e. The fourth-order valence-corrected chi connectivity index (χ4v) is 1.60. The van der Waals surface area contributed by atoms with Crippen LogP contribution in [0.15, 0.2) is 48.5 Å². The van der Waals surface area contributed by atoms with Crippen molar-refractivity contribution in [2.24, 2.45) is 0 Å². The van der Waals surface area contributed by atoms with Gasteiger partial charge in [-0.3, -0.25) is 4.79 Å². The van der Waals surface area contributed by atoms with Crippen molar-refractivity contribution in [3.63, 3.8) is 0 Å². The normalized spacial score (nSPS) is 10.8. The lowest BCUT2D eigenvalue weighted by molar-refractivity contribution is 0.104. The molecule has 0 radical (unpaired) electrons. The van der Waals surface area contributed by atoms with Gasteiger partial charge in [0.2, 0.25) is 0 Å². The number of phenolic OH excluding ortho intramolecular Hbond substituents is 1. The highest BCUT2D eigenvalue weighted by atomic mass is 19.1. The zero-order valence-electron chi connectivity index (χ0n) is 9.81. The summed E-state index contributed by atoms with van der Waals surface area (Å²) in [6.45, 7) is 0. The van der Waals surface area contributed by atoms with E-state index in [1.807, 2.05) is 0 Å². The minimum absolute atomic E-state index is 0.0175. The van der Waals surface area contributed by atoms with Crippen LogP contribution < -0.4 is 0 Å². The van der Waals surface area contributed by atoms with Crippen LogP contribution in [-0.2, 0) is 0 Å². The molecule has 19 heavy (non-hydrogen) atoms. The lowest BCUT2D eigenvalue weighted by Gasteiger charge is -1.98. The molecule has 0 spiro atoms. The minimum atomic E-state index is -0.704. The Balaban J connectivity index is 2.20. The molecule has 0 saturated heterocycles. The van der Waals surface area contributed by atoms with Gasteiger partial charge in [0.25, 0.3) is 0 Å². The van der Waals surface area contributed by atoms with Crippen molar-refractivity contribution in [2.75, 3.05) is 0 Å². The molecule has 0 atom stereocenters. The zero-order chi connectivity index (χ0) is 13.8. The second kappa shape index (κ2) is 5.44. The number of hydrogen-bond acceptors (Lipinski definition) is 2. The molecule has 2 aromatic rings. The van der Waals surface area contributed by atoms with Crippen LogP contribution >= 0.6 is 0 Å². The van der Waals surface area contributed by atoms with Gasteiger partial charge in [-0.1, -0.05) is 18.2 Å². The van der Waals surface area contributed by atoms with Gasteiger partial charge in [-0.25, -0.2) is 8.78 Å². The lowest BCUT2D eigenvalue weighted by atomic mass is 10.1. The molecule has 0 bridgehead atoms. The molecule has 1 N–H and O–H groups in total. The summed E-state index contributed by atoms with van der Waals surface area (Å²) in [6.07, 6.45) is 2.52. The Morgan fingerprint density at radius 3 is 2.37 bits per heavy atom. The molecule has 4 heteroatoms. The van der Waals surface area contributed by atoms with E-state index in [2.05, 4.69) is 0 Å². The SMILES string of the molecule is O=C(C=Cc1cc(F)cc(F)c1)c1cccc(O)c1. The van der Waals surface area contributed by atoms with E-state index in [9.17, 15) is 18.7 Å². The quantitative estimate of drug-likeness (QED) is 0.676. The van der Waals surface area contributed by atoms with Crippen molar-refractivity contribution < 1.29 is 18.7 Å². The van der Waals surface area contributed by atoms with Crippen molar-refractivity contribution in [3.8, 4) is 5.75 Å². The average molecular weight is 260 g/mol. The Morgan fingerprint density at radius 2 is 1.74 bits per heavy atom. The van der Waals surface area contributed by atoms with Crippen LogP contribution in [0.2, 0.25) is 0 Å². The molecular formula is C15H10F2O2. The van der Waals surface area contributed by atoms with E-state index in [1.165, 1.54) is 30.4 Å². The standard InChI is InChI=1S/C15H10F2O2/c16-12-6-10(7-13(17)9-12)4-5-15(19)11-2-1-3-14(18)8-11/h1-9,18H. The largest absolute Gasteiger partial charge is 0.508 e. The first-order chi connectivity index (χ1) is 9.04. The number of aromatic hydroxyl groups is 1. The first kappa shape index (κ1) is 13.0. The van der Waals surface area contributed by atoms with Crippen molar-refractivity contribution in [2.45, 2.75) is 0 Å². The summed E-state index contributed by atoms with van der Waals surface area (Å²) < 4.78 is 25.9. The highest BCUT2D eigenvalue weighted by Gasteiger charge is 2.03. The Hall–Kier alpha value is -2.49. The molecule has 0 aliphatic heterocycles. The van der Waals surface area contributed by atoms with Crippen LogP contribution in [-0.4, -0.2) is 10.9 Å². The molecule has 0 saturated carbocycles. The topological polar surface area (TPSA) is 37.3 Å². The molecule has 0 aliphatic rings. The molecule has 0 fully saturated rings. The molecule has 0 aromatic heterocycles. The smallest absolute Gasteiger partial charge is 0.185 e. The maximum atomic E-state index is 12.9. The Bertz CT molecular complexity index is 628.